The molecule has 1 aliphatic heterocycles. The van der Waals surface area contributed by atoms with Gasteiger partial charge in [-0.3, -0.25) is 19.8 Å². The highest BCUT2D eigenvalue weighted by Gasteiger charge is 2.40. The Morgan fingerprint density at radius 2 is 1.82 bits per heavy atom. The molecular weight excluding hydrogens is 220 g/mol. The second-order valence-electron chi connectivity index (χ2n) is 3.72. The van der Waals surface area contributed by atoms with Gasteiger partial charge in [0.2, 0.25) is 11.8 Å². The minimum atomic E-state index is -0.922. The third-order valence-electron chi connectivity index (χ3n) is 2.70. The highest BCUT2D eigenvalue weighted by molar-refractivity contribution is 6.19. The van der Waals surface area contributed by atoms with Crippen molar-refractivity contribution < 1.29 is 14.4 Å². The summed E-state index contributed by atoms with van der Waals surface area (Å²) in [5.74, 6) is -1.95. The molecule has 1 fully saturated rings. The molecule has 0 aliphatic carbocycles. The van der Waals surface area contributed by atoms with Gasteiger partial charge >= 0.3 is 6.03 Å². The van der Waals surface area contributed by atoms with Gasteiger partial charge in [0.05, 0.1) is 0 Å². The normalized spacial score (nSPS) is 20.4. The smallest absolute Gasteiger partial charge is 0.277 e. The zero-order chi connectivity index (χ0) is 12.4. The van der Waals surface area contributed by atoms with Crippen molar-refractivity contribution in [1.82, 2.24) is 10.2 Å². The molecule has 0 aromatic heterocycles. The first-order chi connectivity index (χ1) is 8.15. The average Bonchev–Trinajstić information content (AvgIpc) is 2.30. The summed E-state index contributed by atoms with van der Waals surface area (Å²) in [6.07, 6.45) is 0. The molecule has 1 heterocycles. The molecule has 1 aromatic rings. The van der Waals surface area contributed by atoms with Crippen LogP contribution in [-0.2, 0) is 9.59 Å². The van der Waals surface area contributed by atoms with Gasteiger partial charge in [-0.1, -0.05) is 30.3 Å². The molecule has 0 saturated carbocycles. The lowest BCUT2D eigenvalue weighted by atomic mass is 9.95. The molecule has 1 aliphatic rings. The lowest BCUT2D eigenvalue weighted by Gasteiger charge is -2.29. The molecular formula is C12H12N2O3. The van der Waals surface area contributed by atoms with Gasteiger partial charge in [-0.05, 0) is 12.5 Å². The van der Waals surface area contributed by atoms with Crippen molar-refractivity contribution in [3.63, 3.8) is 0 Å². The van der Waals surface area contributed by atoms with E-state index in [4.69, 9.17) is 0 Å². The zero-order valence-corrected chi connectivity index (χ0v) is 9.34. The molecule has 5 heteroatoms. The van der Waals surface area contributed by atoms with E-state index in [1.807, 2.05) is 0 Å². The van der Waals surface area contributed by atoms with E-state index in [-0.39, 0.29) is 6.54 Å². The number of rotatable bonds is 2. The largest absolute Gasteiger partial charge is 0.330 e. The Morgan fingerprint density at radius 1 is 1.18 bits per heavy atom. The third-order valence-corrected chi connectivity index (χ3v) is 2.70. The van der Waals surface area contributed by atoms with E-state index in [0.717, 1.165) is 4.90 Å². The first kappa shape index (κ1) is 11.3. The van der Waals surface area contributed by atoms with Crippen LogP contribution in [-0.4, -0.2) is 29.3 Å². The lowest BCUT2D eigenvalue weighted by molar-refractivity contribution is -0.138. The second kappa shape index (κ2) is 4.37. The summed E-state index contributed by atoms with van der Waals surface area (Å²) < 4.78 is 0. The summed E-state index contributed by atoms with van der Waals surface area (Å²) in [5, 5.41) is 2.19. The Kier molecular flexibility index (Phi) is 2.91. The average molecular weight is 232 g/mol. The van der Waals surface area contributed by atoms with E-state index in [0.29, 0.717) is 5.56 Å². The number of carbonyl (C=O) groups is 3. The summed E-state index contributed by atoms with van der Waals surface area (Å²) in [5.41, 5.74) is 0.598. The van der Waals surface area contributed by atoms with E-state index < -0.39 is 23.8 Å². The molecule has 2 rings (SSSR count). The van der Waals surface area contributed by atoms with Crippen molar-refractivity contribution in [2.24, 2.45) is 0 Å². The summed E-state index contributed by atoms with van der Waals surface area (Å²) in [6.45, 7) is 1.94. The Hall–Kier alpha value is -2.17. The van der Waals surface area contributed by atoms with Gasteiger partial charge < -0.3 is 0 Å². The third kappa shape index (κ3) is 1.91. The highest BCUT2D eigenvalue weighted by atomic mass is 16.2. The number of barbiturate groups is 1. The summed E-state index contributed by atoms with van der Waals surface area (Å²) >= 11 is 0. The van der Waals surface area contributed by atoms with Crippen molar-refractivity contribution >= 4 is 17.8 Å². The maximum absolute atomic E-state index is 12.0. The van der Waals surface area contributed by atoms with Crippen LogP contribution in [0.4, 0.5) is 4.79 Å². The minimum Gasteiger partial charge on any atom is -0.277 e. The first-order valence-electron chi connectivity index (χ1n) is 5.36. The number of hydrogen-bond acceptors (Lipinski definition) is 3. The maximum Gasteiger partial charge on any atom is 0.330 e. The van der Waals surface area contributed by atoms with Crippen LogP contribution in [0, 0.1) is 0 Å². The topological polar surface area (TPSA) is 66.5 Å². The number of hydrogen-bond donors (Lipinski definition) is 1. The number of carbonyl (C=O) groups excluding carboxylic acids is 3. The van der Waals surface area contributed by atoms with Crippen molar-refractivity contribution in [2.45, 2.75) is 12.8 Å². The zero-order valence-electron chi connectivity index (χ0n) is 9.34. The first-order valence-corrected chi connectivity index (χ1v) is 5.36. The van der Waals surface area contributed by atoms with Gasteiger partial charge in [0, 0.05) is 6.54 Å². The number of likely N-dealkylation sites (N-methyl/N-ethyl adjacent to an activating group) is 1. The fourth-order valence-electron chi connectivity index (χ4n) is 1.85. The molecule has 0 spiro atoms. The fourth-order valence-corrected chi connectivity index (χ4v) is 1.85. The van der Waals surface area contributed by atoms with Crippen molar-refractivity contribution in [2.75, 3.05) is 6.54 Å². The Balaban J connectivity index is 2.37. The quantitative estimate of drug-likeness (QED) is 0.769. The molecule has 0 bridgehead atoms. The number of urea groups is 1. The monoisotopic (exact) mass is 232 g/mol. The number of nitrogens with zero attached hydrogens (tertiary/aromatic N) is 1. The molecule has 1 aromatic carbocycles. The van der Waals surface area contributed by atoms with Gasteiger partial charge in [-0.15, -0.1) is 0 Å². The molecule has 5 nitrogen and oxygen atoms in total. The van der Waals surface area contributed by atoms with Gasteiger partial charge in [0.25, 0.3) is 0 Å². The Labute approximate surface area is 98.4 Å². The molecule has 1 N–H and O–H groups in total. The van der Waals surface area contributed by atoms with E-state index >= 15 is 0 Å². The molecule has 1 unspecified atom stereocenters. The maximum atomic E-state index is 12.0. The highest BCUT2D eigenvalue weighted by Crippen LogP contribution is 2.21. The van der Waals surface area contributed by atoms with Crippen LogP contribution in [0.1, 0.15) is 18.4 Å². The van der Waals surface area contributed by atoms with E-state index in [2.05, 4.69) is 5.32 Å². The number of amides is 4. The number of benzene rings is 1. The van der Waals surface area contributed by atoms with Gasteiger partial charge in [0.15, 0.2) is 0 Å². The van der Waals surface area contributed by atoms with Crippen LogP contribution in [0.3, 0.4) is 0 Å². The molecule has 1 atom stereocenters. The van der Waals surface area contributed by atoms with Crippen molar-refractivity contribution in [3.05, 3.63) is 35.9 Å². The fraction of sp³-hybridized carbons (Fsp3) is 0.250. The predicted octanol–water partition coefficient (Wildman–Crippen LogP) is 0.869. The van der Waals surface area contributed by atoms with Crippen molar-refractivity contribution in [1.29, 1.82) is 0 Å². The van der Waals surface area contributed by atoms with Gasteiger partial charge in [0.1, 0.15) is 5.92 Å². The molecule has 88 valence electrons. The van der Waals surface area contributed by atoms with Crippen LogP contribution >= 0.6 is 0 Å². The predicted molar refractivity (Wildman–Crippen MR) is 60.1 cm³/mol. The molecule has 0 radical (unpaired) electrons. The van der Waals surface area contributed by atoms with Gasteiger partial charge in [-0.25, -0.2) is 4.79 Å². The standard InChI is InChI=1S/C12H12N2O3/c1-2-14-11(16)9(10(15)13-12(14)17)8-6-4-3-5-7-8/h3-7,9H,2H2,1H3,(H,13,15,17). The van der Waals surface area contributed by atoms with Crippen LogP contribution < -0.4 is 5.32 Å². The van der Waals surface area contributed by atoms with Crippen LogP contribution in [0.2, 0.25) is 0 Å². The van der Waals surface area contributed by atoms with Crippen molar-refractivity contribution in [3.8, 4) is 0 Å². The van der Waals surface area contributed by atoms with E-state index in [9.17, 15) is 14.4 Å². The minimum absolute atomic E-state index is 0.251. The van der Waals surface area contributed by atoms with Gasteiger partial charge in [-0.2, -0.15) is 0 Å². The van der Waals surface area contributed by atoms with Crippen LogP contribution in [0.5, 0.6) is 0 Å². The van der Waals surface area contributed by atoms with Crippen LogP contribution in [0.15, 0.2) is 30.3 Å². The van der Waals surface area contributed by atoms with E-state index in [1.165, 1.54) is 0 Å². The summed E-state index contributed by atoms with van der Waals surface area (Å²) in [7, 11) is 0. The Bertz CT molecular complexity index is 470. The molecule has 1 saturated heterocycles. The lowest BCUT2D eigenvalue weighted by Crippen LogP contribution is -2.56. The number of nitrogens with one attached hydrogen (secondary N) is 1. The second-order valence-corrected chi connectivity index (χ2v) is 3.72. The van der Waals surface area contributed by atoms with E-state index in [1.54, 1.807) is 37.3 Å². The van der Waals surface area contributed by atoms with Crippen LogP contribution in [0.25, 0.3) is 0 Å². The SMILES string of the molecule is CCN1C(=O)NC(=O)C(c2ccccc2)C1=O. The Morgan fingerprint density at radius 3 is 2.41 bits per heavy atom. The molecule has 17 heavy (non-hydrogen) atoms. The summed E-state index contributed by atoms with van der Waals surface area (Å²) in [6, 6.07) is 8.06. The summed E-state index contributed by atoms with van der Waals surface area (Å²) in [4.78, 5) is 36.2. The number of imide groups is 2. The molecule has 4 amide bonds.